The first-order valence-electron chi connectivity index (χ1n) is 11.8. The molecule has 7 heteroatoms. The summed E-state index contributed by atoms with van der Waals surface area (Å²) in [5, 5.41) is 0. The first-order chi connectivity index (χ1) is 16.6. The molecule has 2 aromatic carbocycles. The van der Waals surface area contributed by atoms with Gasteiger partial charge in [0.05, 0.1) is 6.33 Å². The van der Waals surface area contributed by atoms with E-state index in [0.717, 1.165) is 11.3 Å². The molecule has 2 atom stereocenters. The first kappa shape index (κ1) is 23.5. The van der Waals surface area contributed by atoms with Gasteiger partial charge in [-0.15, -0.1) is 0 Å². The minimum Gasteiger partial charge on any atom is -0.490 e. The third-order valence-electron chi connectivity index (χ3n) is 6.32. The fourth-order valence-corrected chi connectivity index (χ4v) is 4.39. The van der Waals surface area contributed by atoms with Crippen LogP contribution >= 0.6 is 0 Å². The highest BCUT2D eigenvalue weighted by Gasteiger charge is 2.34. The van der Waals surface area contributed by atoms with E-state index < -0.39 is 0 Å². The maximum absolute atomic E-state index is 13.1. The van der Waals surface area contributed by atoms with E-state index >= 15 is 0 Å². The summed E-state index contributed by atoms with van der Waals surface area (Å²) in [6.45, 7) is 2.31. The van der Waals surface area contributed by atoms with E-state index in [-0.39, 0.29) is 23.8 Å². The molecule has 0 saturated carbocycles. The molecule has 1 fully saturated rings. The number of ether oxygens (including phenoxy) is 1. The number of rotatable bonds is 9. The van der Waals surface area contributed by atoms with Crippen molar-refractivity contribution >= 4 is 11.8 Å². The zero-order valence-electron chi connectivity index (χ0n) is 19.6. The molecule has 0 spiro atoms. The molecule has 1 aliphatic heterocycles. The van der Waals surface area contributed by atoms with E-state index in [2.05, 4.69) is 4.98 Å². The summed E-state index contributed by atoms with van der Waals surface area (Å²) in [4.78, 5) is 33.7. The van der Waals surface area contributed by atoms with Crippen molar-refractivity contribution in [3.63, 3.8) is 0 Å². The van der Waals surface area contributed by atoms with Crippen molar-refractivity contribution in [1.82, 2.24) is 19.4 Å². The van der Waals surface area contributed by atoms with Crippen LogP contribution in [0.2, 0.25) is 0 Å². The SMILES string of the molecule is CN(Cc1ccccc1)C(=O)C[C@H]1CN(C(=O)CCn2ccnc2)CC[C@@H]1Oc1ccccc1. The zero-order valence-corrected chi connectivity index (χ0v) is 19.6. The summed E-state index contributed by atoms with van der Waals surface area (Å²) in [5.41, 5.74) is 1.09. The Morgan fingerprint density at radius 2 is 1.82 bits per heavy atom. The number of imidazole rings is 1. The van der Waals surface area contributed by atoms with Gasteiger partial charge < -0.3 is 19.1 Å². The van der Waals surface area contributed by atoms with Crippen LogP contribution in [-0.2, 0) is 22.7 Å². The van der Waals surface area contributed by atoms with Gasteiger partial charge in [0.1, 0.15) is 11.9 Å². The molecular formula is C27H32N4O3. The van der Waals surface area contributed by atoms with Crippen LogP contribution in [0.1, 0.15) is 24.8 Å². The van der Waals surface area contributed by atoms with Crippen LogP contribution in [0.25, 0.3) is 0 Å². The number of aryl methyl sites for hydroxylation is 1. The fraction of sp³-hybridized carbons (Fsp3) is 0.370. The van der Waals surface area contributed by atoms with Crippen molar-refractivity contribution in [3.8, 4) is 5.75 Å². The van der Waals surface area contributed by atoms with E-state index in [4.69, 9.17) is 4.74 Å². The largest absolute Gasteiger partial charge is 0.490 e. The number of piperidine rings is 1. The molecule has 0 N–H and O–H groups in total. The molecule has 1 aliphatic rings. The smallest absolute Gasteiger partial charge is 0.224 e. The summed E-state index contributed by atoms with van der Waals surface area (Å²) < 4.78 is 8.20. The van der Waals surface area contributed by atoms with E-state index in [1.54, 1.807) is 17.4 Å². The molecule has 0 radical (unpaired) electrons. The van der Waals surface area contributed by atoms with Crippen molar-refractivity contribution < 1.29 is 14.3 Å². The molecule has 1 aromatic heterocycles. The van der Waals surface area contributed by atoms with Gasteiger partial charge in [0, 0.05) is 70.8 Å². The van der Waals surface area contributed by atoms with Crippen molar-refractivity contribution in [2.24, 2.45) is 5.92 Å². The van der Waals surface area contributed by atoms with Gasteiger partial charge in [0.15, 0.2) is 0 Å². The topological polar surface area (TPSA) is 67.7 Å². The lowest BCUT2D eigenvalue weighted by Crippen LogP contribution is -2.49. The summed E-state index contributed by atoms with van der Waals surface area (Å²) in [5.74, 6) is 0.879. The summed E-state index contributed by atoms with van der Waals surface area (Å²) in [6, 6.07) is 19.7. The molecule has 0 aliphatic carbocycles. The van der Waals surface area contributed by atoms with Gasteiger partial charge in [-0.2, -0.15) is 0 Å². The number of hydrogen-bond acceptors (Lipinski definition) is 4. The van der Waals surface area contributed by atoms with Gasteiger partial charge in [0.25, 0.3) is 0 Å². The molecule has 2 heterocycles. The van der Waals surface area contributed by atoms with Gasteiger partial charge >= 0.3 is 0 Å². The lowest BCUT2D eigenvalue weighted by molar-refractivity contribution is -0.139. The number of hydrogen-bond donors (Lipinski definition) is 0. The fourth-order valence-electron chi connectivity index (χ4n) is 4.39. The highest BCUT2D eigenvalue weighted by molar-refractivity contribution is 5.78. The molecule has 1 saturated heterocycles. The Bertz CT molecular complexity index is 1040. The third kappa shape index (κ3) is 6.47. The molecule has 34 heavy (non-hydrogen) atoms. The maximum atomic E-state index is 13.1. The highest BCUT2D eigenvalue weighted by atomic mass is 16.5. The van der Waals surface area contributed by atoms with Crippen LogP contribution in [0.5, 0.6) is 5.75 Å². The molecule has 2 amide bonds. The summed E-state index contributed by atoms with van der Waals surface area (Å²) >= 11 is 0. The van der Waals surface area contributed by atoms with Crippen molar-refractivity contribution in [2.45, 2.75) is 38.5 Å². The number of nitrogens with zero attached hydrogens (tertiary/aromatic N) is 4. The number of benzene rings is 2. The van der Waals surface area contributed by atoms with E-state index in [9.17, 15) is 9.59 Å². The number of carbonyl (C=O) groups excluding carboxylic acids is 2. The zero-order chi connectivity index (χ0) is 23.8. The minimum atomic E-state index is -0.117. The molecular weight excluding hydrogens is 428 g/mol. The molecule has 0 bridgehead atoms. The molecule has 0 unspecified atom stereocenters. The number of likely N-dealkylation sites (tertiary alicyclic amines) is 1. The monoisotopic (exact) mass is 460 g/mol. The van der Waals surface area contributed by atoms with Crippen LogP contribution < -0.4 is 4.74 Å². The Morgan fingerprint density at radius 1 is 1.09 bits per heavy atom. The third-order valence-corrected chi connectivity index (χ3v) is 6.32. The van der Waals surface area contributed by atoms with Gasteiger partial charge in [-0.05, 0) is 17.7 Å². The standard InChI is InChI=1S/C27H32N4O3/c1-29(19-22-8-4-2-5-9-22)27(33)18-23-20-31(26(32)13-15-30-17-14-28-21-30)16-12-25(23)34-24-10-6-3-7-11-24/h2-11,14,17,21,23,25H,12-13,15-16,18-20H2,1H3/t23-,25-/m0/s1. The van der Waals surface area contributed by atoms with Crippen LogP contribution in [0.4, 0.5) is 0 Å². The van der Waals surface area contributed by atoms with Crippen molar-refractivity contribution in [2.75, 3.05) is 20.1 Å². The lowest BCUT2D eigenvalue weighted by atomic mass is 9.90. The number of amides is 2. The average Bonchev–Trinajstić information content (AvgIpc) is 3.38. The van der Waals surface area contributed by atoms with E-state index in [1.807, 2.05) is 83.4 Å². The van der Waals surface area contributed by atoms with Crippen LogP contribution in [0.3, 0.4) is 0 Å². The van der Waals surface area contributed by atoms with Crippen LogP contribution in [-0.4, -0.2) is 57.4 Å². The number of aromatic nitrogens is 2. The molecule has 178 valence electrons. The highest BCUT2D eigenvalue weighted by Crippen LogP contribution is 2.27. The number of para-hydroxylation sites is 1. The summed E-state index contributed by atoms with van der Waals surface area (Å²) in [7, 11) is 1.83. The van der Waals surface area contributed by atoms with Gasteiger partial charge in [-0.3, -0.25) is 9.59 Å². The van der Waals surface area contributed by atoms with Crippen LogP contribution in [0.15, 0.2) is 79.4 Å². The minimum absolute atomic E-state index is 0.0585. The Labute approximate surface area is 201 Å². The van der Waals surface area contributed by atoms with Gasteiger partial charge in [-0.25, -0.2) is 4.98 Å². The van der Waals surface area contributed by atoms with Gasteiger partial charge in [0.2, 0.25) is 11.8 Å². The van der Waals surface area contributed by atoms with E-state index in [1.165, 1.54) is 0 Å². The Morgan fingerprint density at radius 3 is 2.53 bits per heavy atom. The lowest BCUT2D eigenvalue weighted by Gasteiger charge is -2.39. The summed E-state index contributed by atoms with van der Waals surface area (Å²) in [6.07, 6.45) is 6.63. The van der Waals surface area contributed by atoms with Crippen LogP contribution in [0, 0.1) is 5.92 Å². The second-order valence-electron chi connectivity index (χ2n) is 8.85. The second kappa shape index (κ2) is 11.5. The van der Waals surface area contributed by atoms with Gasteiger partial charge in [-0.1, -0.05) is 48.5 Å². The first-order valence-corrected chi connectivity index (χ1v) is 11.8. The quantitative estimate of drug-likeness (QED) is 0.489. The normalized spacial score (nSPS) is 17.9. The van der Waals surface area contributed by atoms with E-state index in [0.29, 0.717) is 45.4 Å². The predicted molar refractivity (Wildman–Crippen MR) is 130 cm³/mol. The van der Waals surface area contributed by atoms with Crippen molar-refractivity contribution in [3.05, 3.63) is 84.9 Å². The maximum Gasteiger partial charge on any atom is 0.224 e. The number of carbonyl (C=O) groups is 2. The molecule has 4 rings (SSSR count). The molecule has 7 nitrogen and oxygen atoms in total. The Balaban J connectivity index is 1.40. The second-order valence-corrected chi connectivity index (χ2v) is 8.85. The Hall–Kier alpha value is -3.61. The average molecular weight is 461 g/mol. The molecule has 3 aromatic rings. The Kier molecular flexibility index (Phi) is 7.96. The predicted octanol–water partition coefficient (Wildman–Crippen LogP) is 3.62. The van der Waals surface area contributed by atoms with Crippen molar-refractivity contribution in [1.29, 1.82) is 0 Å².